The van der Waals surface area contributed by atoms with Gasteiger partial charge in [0.1, 0.15) is 0 Å². The zero-order chi connectivity index (χ0) is 18.2. The van der Waals surface area contributed by atoms with E-state index in [4.69, 9.17) is 0 Å². The van der Waals surface area contributed by atoms with Gasteiger partial charge in [-0.05, 0) is 59.3 Å². The van der Waals surface area contributed by atoms with E-state index < -0.39 is 0 Å². The summed E-state index contributed by atoms with van der Waals surface area (Å²) in [5.41, 5.74) is 0. The van der Waals surface area contributed by atoms with Gasteiger partial charge >= 0.3 is 0 Å². The maximum atomic E-state index is 4.42. The van der Waals surface area contributed by atoms with Crippen molar-refractivity contribution in [2.75, 3.05) is 66.5 Å². The van der Waals surface area contributed by atoms with Crippen molar-refractivity contribution in [3.8, 4) is 0 Å². The molecule has 2 aliphatic rings. The van der Waals surface area contributed by atoms with Gasteiger partial charge in [0.2, 0.25) is 0 Å². The predicted molar refractivity (Wildman–Crippen MR) is 107 cm³/mol. The van der Waals surface area contributed by atoms with E-state index in [1.807, 2.05) is 7.05 Å². The third-order valence-electron chi connectivity index (χ3n) is 5.67. The topological polar surface area (TPSA) is 46.1 Å². The summed E-state index contributed by atoms with van der Waals surface area (Å²) in [6.07, 6.45) is 2.46. The molecule has 0 saturated carbocycles. The molecule has 0 aromatic carbocycles. The molecule has 0 radical (unpaired) electrons. The summed E-state index contributed by atoms with van der Waals surface area (Å²) >= 11 is 0. The summed E-state index contributed by atoms with van der Waals surface area (Å²) in [5, 5.41) is 7.14. The zero-order valence-corrected chi connectivity index (χ0v) is 17.1. The molecule has 2 fully saturated rings. The number of likely N-dealkylation sites (tertiary alicyclic amines) is 1. The summed E-state index contributed by atoms with van der Waals surface area (Å²) < 4.78 is 0. The maximum absolute atomic E-state index is 4.42. The van der Waals surface area contributed by atoms with Crippen LogP contribution in [-0.4, -0.2) is 99.2 Å². The van der Waals surface area contributed by atoms with Gasteiger partial charge in [0.15, 0.2) is 5.96 Å². The van der Waals surface area contributed by atoms with Crippen molar-refractivity contribution < 1.29 is 0 Å². The maximum Gasteiger partial charge on any atom is 0.191 e. The molecule has 2 unspecified atom stereocenters. The Labute approximate surface area is 155 Å². The average Bonchev–Trinajstić information content (AvgIpc) is 2.82. The number of hydrogen-bond acceptors (Lipinski definition) is 4. The molecule has 6 heteroatoms. The largest absolute Gasteiger partial charge is 0.356 e. The van der Waals surface area contributed by atoms with Gasteiger partial charge in [-0.1, -0.05) is 6.92 Å². The van der Waals surface area contributed by atoms with Crippen LogP contribution in [0.1, 0.15) is 33.6 Å². The van der Waals surface area contributed by atoms with Crippen molar-refractivity contribution in [3.05, 3.63) is 0 Å². The third-order valence-corrected chi connectivity index (χ3v) is 5.67. The van der Waals surface area contributed by atoms with E-state index in [1.165, 1.54) is 52.1 Å². The van der Waals surface area contributed by atoms with Crippen molar-refractivity contribution in [3.63, 3.8) is 0 Å². The minimum Gasteiger partial charge on any atom is -0.356 e. The number of guanidine groups is 1. The van der Waals surface area contributed by atoms with Gasteiger partial charge < -0.3 is 20.4 Å². The molecule has 0 aromatic heterocycles. The Kier molecular flexibility index (Phi) is 8.46. The molecule has 6 nitrogen and oxygen atoms in total. The van der Waals surface area contributed by atoms with Crippen LogP contribution in [0.2, 0.25) is 0 Å². The van der Waals surface area contributed by atoms with E-state index >= 15 is 0 Å². The Hall–Kier alpha value is -0.850. The minimum absolute atomic E-state index is 0.495. The molecule has 0 spiro atoms. The van der Waals surface area contributed by atoms with Crippen LogP contribution in [0.4, 0.5) is 0 Å². The standard InChI is InChI=1S/C19H40N6/c1-16(2)25-14-17(3)18(15-25)22-19(20-4)21-8-6-10-24-11-7-9-23(5)12-13-24/h16-18H,6-15H2,1-5H3,(H2,20,21,22). The summed E-state index contributed by atoms with van der Waals surface area (Å²) in [6.45, 7) is 16.2. The van der Waals surface area contributed by atoms with Gasteiger partial charge in [-0.15, -0.1) is 0 Å². The highest BCUT2D eigenvalue weighted by molar-refractivity contribution is 5.80. The number of hydrogen-bond donors (Lipinski definition) is 2. The normalized spacial score (nSPS) is 27.7. The van der Waals surface area contributed by atoms with Gasteiger partial charge in [0.25, 0.3) is 0 Å². The summed E-state index contributed by atoms with van der Waals surface area (Å²) in [5.74, 6) is 1.62. The van der Waals surface area contributed by atoms with Crippen LogP contribution in [-0.2, 0) is 0 Å². The van der Waals surface area contributed by atoms with Gasteiger partial charge in [-0.25, -0.2) is 0 Å². The molecule has 146 valence electrons. The molecule has 0 amide bonds. The van der Waals surface area contributed by atoms with Gasteiger partial charge in [-0.2, -0.15) is 0 Å². The number of aliphatic imine (C=N–C) groups is 1. The molecule has 2 atom stereocenters. The SMILES string of the molecule is CN=C(NCCCN1CCCN(C)CC1)NC1CN(C(C)C)CC1C. The van der Waals surface area contributed by atoms with Gasteiger partial charge in [0, 0.05) is 51.9 Å². The quantitative estimate of drug-likeness (QED) is 0.423. The van der Waals surface area contributed by atoms with Crippen molar-refractivity contribution in [1.29, 1.82) is 0 Å². The van der Waals surface area contributed by atoms with Crippen LogP contribution in [0.25, 0.3) is 0 Å². The van der Waals surface area contributed by atoms with Crippen molar-refractivity contribution >= 4 is 5.96 Å². The lowest BCUT2D eigenvalue weighted by Gasteiger charge is -2.23. The number of nitrogens with one attached hydrogen (secondary N) is 2. The number of likely N-dealkylation sites (N-methyl/N-ethyl adjacent to an activating group) is 1. The van der Waals surface area contributed by atoms with Crippen LogP contribution in [0.15, 0.2) is 4.99 Å². The summed E-state index contributed by atoms with van der Waals surface area (Å²) in [4.78, 5) is 12.0. The first kappa shape index (κ1) is 20.5. The first-order valence-electron chi connectivity index (χ1n) is 10.1. The monoisotopic (exact) mass is 352 g/mol. The van der Waals surface area contributed by atoms with Crippen LogP contribution < -0.4 is 10.6 Å². The van der Waals surface area contributed by atoms with Gasteiger partial charge in [0.05, 0.1) is 0 Å². The molecule has 25 heavy (non-hydrogen) atoms. The molecule has 0 aliphatic carbocycles. The minimum atomic E-state index is 0.495. The van der Waals surface area contributed by atoms with E-state index in [2.05, 4.69) is 58.1 Å². The van der Waals surface area contributed by atoms with E-state index in [0.717, 1.165) is 19.0 Å². The van der Waals surface area contributed by atoms with Crippen LogP contribution in [0.3, 0.4) is 0 Å². The molecular weight excluding hydrogens is 312 g/mol. The molecule has 2 heterocycles. The number of rotatable bonds is 6. The van der Waals surface area contributed by atoms with E-state index in [-0.39, 0.29) is 0 Å². The smallest absolute Gasteiger partial charge is 0.191 e. The number of nitrogens with zero attached hydrogens (tertiary/aromatic N) is 4. The zero-order valence-electron chi connectivity index (χ0n) is 17.1. The second kappa shape index (κ2) is 10.3. The summed E-state index contributed by atoms with van der Waals surface area (Å²) in [6, 6.07) is 1.12. The van der Waals surface area contributed by atoms with Crippen LogP contribution in [0.5, 0.6) is 0 Å². The Balaban J connectivity index is 1.65. The lowest BCUT2D eigenvalue weighted by Crippen LogP contribution is -2.47. The summed E-state index contributed by atoms with van der Waals surface area (Å²) in [7, 11) is 4.10. The second-order valence-corrected chi connectivity index (χ2v) is 8.13. The Morgan fingerprint density at radius 2 is 1.96 bits per heavy atom. The van der Waals surface area contributed by atoms with Crippen molar-refractivity contribution in [1.82, 2.24) is 25.3 Å². The van der Waals surface area contributed by atoms with E-state index in [9.17, 15) is 0 Å². The first-order valence-corrected chi connectivity index (χ1v) is 10.1. The molecule has 2 N–H and O–H groups in total. The third kappa shape index (κ3) is 6.76. The van der Waals surface area contributed by atoms with Crippen molar-refractivity contribution in [2.45, 2.75) is 45.7 Å². The predicted octanol–water partition coefficient (Wildman–Crippen LogP) is 0.908. The molecule has 2 rings (SSSR count). The molecule has 0 aromatic rings. The lowest BCUT2D eigenvalue weighted by molar-refractivity contribution is 0.265. The first-order chi connectivity index (χ1) is 12.0. The molecular formula is C19H40N6. The highest BCUT2D eigenvalue weighted by atomic mass is 15.3. The Morgan fingerprint density at radius 1 is 1.16 bits per heavy atom. The molecule has 0 bridgehead atoms. The van der Waals surface area contributed by atoms with Crippen LogP contribution in [0, 0.1) is 5.92 Å². The second-order valence-electron chi connectivity index (χ2n) is 8.13. The van der Waals surface area contributed by atoms with E-state index in [1.54, 1.807) is 0 Å². The fourth-order valence-electron chi connectivity index (χ4n) is 3.82. The van der Waals surface area contributed by atoms with E-state index in [0.29, 0.717) is 18.0 Å². The Morgan fingerprint density at radius 3 is 2.64 bits per heavy atom. The fourth-order valence-corrected chi connectivity index (χ4v) is 3.82. The lowest BCUT2D eigenvalue weighted by atomic mass is 10.1. The molecule has 2 aliphatic heterocycles. The van der Waals surface area contributed by atoms with Crippen LogP contribution >= 0.6 is 0 Å². The molecule has 2 saturated heterocycles. The highest BCUT2D eigenvalue weighted by Crippen LogP contribution is 2.18. The van der Waals surface area contributed by atoms with Gasteiger partial charge in [-0.3, -0.25) is 9.89 Å². The average molecular weight is 353 g/mol. The Bertz CT molecular complexity index is 411. The fraction of sp³-hybridized carbons (Fsp3) is 0.947. The van der Waals surface area contributed by atoms with Crippen molar-refractivity contribution in [2.24, 2.45) is 10.9 Å². The highest BCUT2D eigenvalue weighted by Gasteiger charge is 2.31.